The first-order chi connectivity index (χ1) is 18.9. The summed E-state index contributed by atoms with van der Waals surface area (Å²) in [6.45, 7) is 3.39. The Kier molecular flexibility index (Phi) is 8.22. The Morgan fingerprint density at radius 2 is 1.69 bits per heavy atom. The molecule has 200 valence electrons. The van der Waals surface area contributed by atoms with E-state index in [1.807, 2.05) is 60.4 Å². The van der Waals surface area contributed by atoms with Gasteiger partial charge in [-0.15, -0.1) is 0 Å². The highest BCUT2D eigenvalue weighted by Crippen LogP contribution is 2.30. The van der Waals surface area contributed by atoms with Crippen LogP contribution in [0.5, 0.6) is 0 Å². The van der Waals surface area contributed by atoms with Crippen molar-refractivity contribution in [3.8, 4) is 11.3 Å². The number of likely N-dealkylation sites (tertiary alicyclic amines) is 1. The lowest BCUT2D eigenvalue weighted by Crippen LogP contribution is -2.37. The van der Waals surface area contributed by atoms with Crippen molar-refractivity contribution in [2.75, 3.05) is 13.1 Å². The van der Waals surface area contributed by atoms with Gasteiger partial charge in [0.1, 0.15) is 0 Å². The fourth-order valence-electron chi connectivity index (χ4n) is 5.34. The number of fused-ring (bicyclic) bond motifs is 1. The minimum Gasteiger partial charge on any atom is -0.481 e. The molecular weight excluding hydrogens is 510 g/mol. The molecule has 4 aromatic rings. The monoisotopic (exact) mass is 541 g/mol. The van der Waals surface area contributed by atoms with E-state index >= 15 is 0 Å². The van der Waals surface area contributed by atoms with Gasteiger partial charge in [0.25, 0.3) is 5.91 Å². The van der Waals surface area contributed by atoms with Crippen LogP contribution in [0.15, 0.2) is 72.8 Å². The maximum atomic E-state index is 13.4. The predicted octanol–water partition coefficient (Wildman–Crippen LogP) is 7.01. The number of aryl methyl sites for hydroxylation is 1. The fourth-order valence-corrected chi connectivity index (χ4v) is 5.47. The predicted molar refractivity (Wildman–Crippen MR) is 154 cm³/mol. The summed E-state index contributed by atoms with van der Waals surface area (Å²) in [6.07, 6.45) is 3.26. The molecular formula is C32H32ClN3O3. The highest BCUT2D eigenvalue weighted by molar-refractivity contribution is 6.30. The van der Waals surface area contributed by atoms with Crippen LogP contribution in [0.2, 0.25) is 5.02 Å². The molecule has 1 aromatic heterocycles. The zero-order chi connectivity index (χ0) is 27.4. The molecule has 7 heteroatoms. The SMILES string of the molecule is CC(CCc1nc2cc(C(=O)N3CCC(c4ccccc4)CC3)ccc2nc1-c1ccc(Cl)cc1)CC(=O)O. The highest BCUT2D eigenvalue weighted by atomic mass is 35.5. The number of hydrogen-bond acceptors (Lipinski definition) is 4. The number of rotatable bonds is 8. The topological polar surface area (TPSA) is 83.4 Å². The van der Waals surface area contributed by atoms with E-state index in [9.17, 15) is 9.59 Å². The van der Waals surface area contributed by atoms with Crippen molar-refractivity contribution in [3.05, 3.63) is 94.6 Å². The van der Waals surface area contributed by atoms with Crippen LogP contribution in [0, 0.1) is 5.92 Å². The molecule has 1 N–H and O–H groups in total. The number of carboxylic acid groups (broad SMARTS) is 1. The first-order valence-corrected chi connectivity index (χ1v) is 13.9. The molecule has 1 aliphatic heterocycles. The van der Waals surface area contributed by atoms with Crippen molar-refractivity contribution in [2.24, 2.45) is 5.92 Å². The number of halogens is 1. The van der Waals surface area contributed by atoms with Crippen molar-refractivity contribution in [2.45, 2.75) is 44.9 Å². The molecule has 1 unspecified atom stereocenters. The van der Waals surface area contributed by atoms with E-state index in [-0.39, 0.29) is 18.2 Å². The molecule has 1 fully saturated rings. The number of carboxylic acids is 1. The average Bonchev–Trinajstić information content (AvgIpc) is 2.95. The number of piperidine rings is 1. The van der Waals surface area contributed by atoms with Crippen LogP contribution < -0.4 is 0 Å². The smallest absolute Gasteiger partial charge is 0.303 e. The number of benzene rings is 3. The summed E-state index contributed by atoms with van der Waals surface area (Å²) < 4.78 is 0. The van der Waals surface area contributed by atoms with Gasteiger partial charge in [0.2, 0.25) is 0 Å². The Labute approximate surface area is 233 Å². The normalized spacial score (nSPS) is 14.9. The number of nitrogens with zero attached hydrogens (tertiary/aromatic N) is 3. The van der Waals surface area contributed by atoms with E-state index < -0.39 is 5.97 Å². The molecule has 3 aromatic carbocycles. The van der Waals surface area contributed by atoms with E-state index in [2.05, 4.69) is 24.3 Å². The van der Waals surface area contributed by atoms with Crippen molar-refractivity contribution in [3.63, 3.8) is 0 Å². The molecule has 1 aliphatic rings. The molecule has 0 saturated carbocycles. The molecule has 1 atom stereocenters. The lowest BCUT2D eigenvalue weighted by Gasteiger charge is -2.32. The van der Waals surface area contributed by atoms with E-state index in [1.54, 1.807) is 0 Å². The maximum Gasteiger partial charge on any atom is 0.303 e. The number of aliphatic carboxylic acids is 1. The summed E-state index contributed by atoms with van der Waals surface area (Å²) in [7, 11) is 0. The summed E-state index contributed by atoms with van der Waals surface area (Å²) in [4.78, 5) is 36.4. The summed E-state index contributed by atoms with van der Waals surface area (Å²) >= 11 is 6.11. The summed E-state index contributed by atoms with van der Waals surface area (Å²) in [5, 5.41) is 9.81. The average molecular weight is 542 g/mol. The van der Waals surface area contributed by atoms with Crippen LogP contribution in [0.25, 0.3) is 22.3 Å². The zero-order valence-corrected chi connectivity index (χ0v) is 22.8. The van der Waals surface area contributed by atoms with E-state index in [0.717, 1.165) is 42.9 Å². The Morgan fingerprint density at radius 1 is 0.974 bits per heavy atom. The number of carbonyl (C=O) groups excluding carboxylic acids is 1. The van der Waals surface area contributed by atoms with Crippen LogP contribution in [0.4, 0.5) is 0 Å². The van der Waals surface area contributed by atoms with Crippen LogP contribution in [0.3, 0.4) is 0 Å². The summed E-state index contributed by atoms with van der Waals surface area (Å²) in [5.41, 5.74) is 5.77. The Balaban J connectivity index is 1.39. The Hall–Kier alpha value is -3.77. The molecule has 39 heavy (non-hydrogen) atoms. The third-order valence-electron chi connectivity index (χ3n) is 7.55. The van der Waals surface area contributed by atoms with Crippen LogP contribution in [0.1, 0.15) is 60.1 Å². The molecule has 1 saturated heterocycles. The molecule has 1 amide bonds. The van der Waals surface area contributed by atoms with Crippen molar-refractivity contribution >= 4 is 34.5 Å². The molecule has 6 nitrogen and oxygen atoms in total. The van der Waals surface area contributed by atoms with Gasteiger partial charge in [0, 0.05) is 35.7 Å². The molecule has 0 aliphatic carbocycles. The first-order valence-electron chi connectivity index (χ1n) is 13.5. The van der Waals surface area contributed by atoms with E-state index in [4.69, 9.17) is 26.7 Å². The second-order valence-electron chi connectivity index (χ2n) is 10.4. The van der Waals surface area contributed by atoms with Gasteiger partial charge < -0.3 is 10.0 Å². The van der Waals surface area contributed by atoms with Gasteiger partial charge >= 0.3 is 5.97 Å². The summed E-state index contributed by atoms with van der Waals surface area (Å²) in [5.74, 6) is -0.301. The fraction of sp³-hybridized carbons (Fsp3) is 0.312. The summed E-state index contributed by atoms with van der Waals surface area (Å²) in [6, 6.07) is 23.5. The molecule has 0 spiro atoms. The zero-order valence-electron chi connectivity index (χ0n) is 22.0. The number of carbonyl (C=O) groups is 2. The van der Waals surface area contributed by atoms with Crippen molar-refractivity contribution < 1.29 is 14.7 Å². The van der Waals surface area contributed by atoms with Gasteiger partial charge in [-0.2, -0.15) is 0 Å². The second kappa shape index (κ2) is 12.0. The largest absolute Gasteiger partial charge is 0.481 e. The number of amides is 1. The standard InChI is InChI=1S/C32H32ClN3O3/c1-21(19-30(37)38)7-13-28-31(24-8-11-26(33)12-9-24)35-27-14-10-25(20-29(27)34-28)32(39)36-17-15-23(16-18-36)22-5-3-2-4-6-22/h2-6,8-12,14,20-21,23H,7,13,15-19H2,1H3,(H,37,38). The highest BCUT2D eigenvalue weighted by Gasteiger charge is 2.25. The van der Waals surface area contributed by atoms with Crippen LogP contribution in [-0.2, 0) is 11.2 Å². The lowest BCUT2D eigenvalue weighted by atomic mass is 9.89. The molecule has 2 heterocycles. The lowest BCUT2D eigenvalue weighted by molar-refractivity contribution is -0.138. The number of hydrogen-bond donors (Lipinski definition) is 1. The minimum absolute atomic E-state index is 0.00444. The Morgan fingerprint density at radius 3 is 2.38 bits per heavy atom. The van der Waals surface area contributed by atoms with Gasteiger partial charge in [-0.1, -0.05) is 61.0 Å². The van der Waals surface area contributed by atoms with Crippen molar-refractivity contribution in [1.82, 2.24) is 14.9 Å². The quantitative estimate of drug-likeness (QED) is 0.259. The molecule has 0 bridgehead atoms. The third kappa shape index (κ3) is 6.45. The first kappa shape index (κ1) is 26.8. The molecule has 5 rings (SSSR count). The third-order valence-corrected chi connectivity index (χ3v) is 7.80. The van der Waals surface area contributed by atoms with Gasteiger partial charge in [-0.05, 0) is 73.4 Å². The second-order valence-corrected chi connectivity index (χ2v) is 10.9. The maximum absolute atomic E-state index is 13.4. The van der Waals surface area contributed by atoms with Crippen molar-refractivity contribution in [1.29, 1.82) is 0 Å². The van der Waals surface area contributed by atoms with E-state index in [0.29, 0.717) is 40.4 Å². The van der Waals surface area contributed by atoms with Gasteiger partial charge in [-0.3, -0.25) is 9.59 Å². The minimum atomic E-state index is -0.805. The Bertz CT molecular complexity index is 1470. The van der Waals surface area contributed by atoms with Gasteiger partial charge in [0.15, 0.2) is 0 Å². The van der Waals surface area contributed by atoms with Gasteiger partial charge in [-0.25, -0.2) is 9.97 Å². The van der Waals surface area contributed by atoms with Crippen LogP contribution in [-0.4, -0.2) is 44.9 Å². The van der Waals surface area contributed by atoms with Crippen LogP contribution >= 0.6 is 11.6 Å². The molecule has 0 radical (unpaired) electrons. The van der Waals surface area contributed by atoms with E-state index in [1.165, 1.54) is 5.56 Å². The number of aromatic nitrogens is 2. The van der Waals surface area contributed by atoms with Gasteiger partial charge in [0.05, 0.1) is 22.4 Å².